The van der Waals surface area contributed by atoms with Crippen LogP contribution in [0.2, 0.25) is 5.02 Å². The van der Waals surface area contributed by atoms with E-state index in [4.69, 9.17) is 16.9 Å². The molecule has 0 aromatic heterocycles. The van der Waals surface area contributed by atoms with Gasteiger partial charge < -0.3 is 4.90 Å². The largest absolute Gasteiger partial charge is 0.368 e. The van der Waals surface area contributed by atoms with Crippen LogP contribution in [0.4, 0.5) is 10.1 Å². The van der Waals surface area contributed by atoms with Gasteiger partial charge in [0.1, 0.15) is 11.9 Å². The lowest BCUT2D eigenvalue weighted by molar-refractivity contribution is 0.621. The molecule has 0 amide bonds. The van der Waals surface area contributed by atoms with Gasteiger partial charge >= 0.3 is 0 Å². The molecule has 2 rings (SSSR count). The maximum Gasteiger partial charge on any atom is 0.143 e. The zero-order chi connectivity index (χ0) is 14.7. The monoisotopic (exact) mass is 288 g/mol. The van der Waals surface area contributed by atoms with Gasteiger partial charge in [0.2, 0.25) is 0 Å². The maximum atomic E-state index is 13.7. The van der Waals surface area contributed by atoms with Gasteiger partial charge in [-0.25, -0.2) is 4.39 Å². The van der Waals surface area contributed by atoms with E-state index in [-0.39, 0.29) is 11.6 Å². The van der Waals surface area contributed by atoms with E-state index in [1.165, 1.54) is 12.1 Å². The minimum Gasteiger partial charge on any atom is -0.368 e. The van der Waals surface area contributed by atoms with Crippen LogP contribution in [-0.4, -0.2) is 7.05 Å². The van der Waals surface area contributed by atoms with E-state index < -0.39 is 5.82 Å². The van der Waals surface area contributed by atoms with Crippen LogP contribution in [0.15, 0.2) is 42.5 Å². The lowest BCUT2D eigenvalue weighted by Crippen LogP contribution is -2.21. The summed E-state index contributed by atoms with van der Waals surface area (Å²) in [5.41, 5.74) is 1.87. The molecule has 4 heteroatoms. The van der Waals surface area contributed by atoms with Gasteiger partial charge in [-0.1, -0.05) is 23.7 Å². The molecule has 2 aromatic rings. The van der Waals surface area contributed by atoms with Gasteiger partial charge in [0.25, 0.3) is 0 Å². The molecule has 0 aliphatic carbocycles. The molecular weight excluding hydrogens is 275 g/mol. The lowest BCUT2D eigenvalue weighted by Gasteiger charge is -2.27. The summed E-state index contributed by atoms with van der Waals surface area (Å²) in [5.74, 6) is -0.500. The van der Waals surface area contributed by atoms with Crippen LogP contribution in [0, 0.1) is 17.1 Å². The molecule has 0 radical (unpaired) electrons. The minimum atomic E-state index is -0.500. The molecule has 0 saturated carbocycles. The molecule has 1 unspecified atom stereocenters. The summed E-state index contributed by atoms with van der Waals surface area (Å²) in [4.78, 5) is 1.95. The summed E-state index contributed by atoms with van der Waals surface area (Å²) in [7, 11) is 1.89. The third kappa shape index (κ3) is 2.92. The smallest absolute Gasteiger partial charge is 0.143 e. The normalized spacial score (nSPS) is 11.8. The number of nitrogens with zero attached hydrogens (tertiary/aromatic N) is 2. The molecule has 0 saturated heterocycles. The molecule has 0 aliphatic heterocycles. The van der Waals surface area contributed by atoms with Crippen molar-refractivity contribution in [3.05, 3.63) is 64.4 Å². The molecule has 0 bridgehead atoms. The zero-order valence-corrected chi connectivity index (χ0v) is 12.0. The van der Waals surface area contributed by atoms with Gasteiger partial charge in [-0.15, -0.1) is 0 Å². The topological polar surface area (TPSA) is 27.0 Å². The first-order chi connectivity index (χ1) is 9.52. The maximum absolute atomic E-state index is 13.7. The molecule has 2 nitrogen and oxygen atoms in total. The quantitative estimate of drug-likeness (QED) is 0.828. The van der Waals surface area contributed by atoms with Crippen molar-refractivity contribution >= 4 is 17.3 Å². The van der Waals surface area contributed by atoms with Gasteiger partial charge in [-0.05, 0) is 42.8 Å². The summed E-state index contributed by atoms with van der Waals surface area (Å²) >= 11 is 5.87. The van der Waals surface area contributed by atoms with Crippen molar-refractivity contribution in [2.24, 2.45) is 0 Å². The predicted molar refractivity (Wildman–Crippen MR) is 79.4 cm³/mol. The summed E-state index contributed by atoms with van der Waals surface area (Å²) in [5, 5.41) is 9.43. The molecule has 0 N–H and O–H groups in total. The Bertz CT molecular complexity index is 647. The number of halogens is 2. The SMILES string of the molecule is CC(c1ccc(Cl)cc1)N(C)c1ccc(C#N)c(F)c1. The van der Waals surface area contributed by atoms with E-state index in [0.29, 0.717) is 5.02 Å². The lowest BCUT2D eigenvalue weighted by atomic mass is 10.1. The highest BCUT2D eigenvalue weighted by Crippen LogP contribution is 2.27. The Balaban J connectivity index is 2.26. The Labute approximate surface area is 123 Å². The Morgan fingerprint density at radius 1 is 1.20 bits per heavy atom. The molecule has 0 fully saturated rings. The summed E-state index contributed by atoms with van der Waals surface area (Å²) in [6, 6.07) is 14.1. The van der Waals surface area contributed by atoms with E-state index in [0.717, 1.165) is 11.3 Å². The Hall–Kier alpha value is -2.05. The van der Waals surface area contributed by atoms with E-state index in [1.807, 2.05) is 49.2 Å². The van der Waals surface area contributed by atoms with Crippen molar-refractivity contribution in [3.8, 4) is 6.07 Å². The number of nitriles is 1. The number of benzene rings is 2. The van der Waals surface area contributed by atoms with Crippen LogP contribution in [0.25, 0.3) is 0 Å². The third-order valence-corrected chi connectivity index (χ3v) is 3.67. The zero-order valence-electron chi connectivity index (χ0n) is 11.3. The first-order valence-corrected chi connectivity index (χ1v) is 6.58. The second-order valence-corrected chi connectivity index (χ2v) is 5.05. The molecule has 102 valence electrons. The molecule has 0 spiro atoms. The average molecular weight is 289 g/mol. The van der Waals surface area contributed by atoms with Crippen molar-refractivity contribution in [3.63, 3.8) is 0 Å². The van der Waals surface area contributed by atoms with Crippen molar-refractivity contribution < 1.29 is 4.39 Å². The molecule has 0 heterocycles. The Morgan fingerprint density at radius 2 is 1.85 bits per heavy atom. The number of hydrogen-bond acceptors (Lipinski definition) is 2. The molecule has 0 aliphatic rings. The third-order valence-electron chi connectivity index (χ3n) is 3.41. The van der Waals surface area contributed by atoms with E-state index in [9.17, 15) is 4.39 Å². The summed E-state index contributed by atoms with van der Waals surface area (Å²) in [6.45, 7) is 2.03. The fourth-order valence-corrected chi connectivity index (χ4v) is 2.13. The fourth-order valence-electron chi connectivity index (χ4n) is 2.00. The second kappa shape index (κ2) is 5.94. The van der Waals surface area contributed by atoms with Crippen LogP contribution in [0.5, 0.6) is 0 Å². The predicted octanol–water partition coefficient (Wildman–Crippen LogP) is 4.55. The highest BCUT2D eigenvalue weighted by molar-refractivity contribution is 6.30. The molecule has 1 atom stereocenters. The van der Waals surface area contributed by atoms with Gasteiger partial charge in [-0.3, -0.25) is 0 Å². The number of anilines is 1. The summed E-state index contributed by atoms with van der Waals surface area (Å²) in [6.07, 6.45) is 0. The van der Waals surface area contributed by atoms with Crippen LogP contribution < -0.4 is 4.90 Å². The van der Waals surface area contributed by atoms with Crippen molar-refractivity contribution in [2.75, 3.05) is 11.9 Å². The van der Waals surface area contributed by atoms with Gasteiger partial charge in [0.05, 0.1) is 11.6 Å². The van der Waals surface area contributed by atoms with Crippen LogP contribution >= 0.6 is 11.6 Å². The Kier molecular flexibility index (Phi) is 4.26. The van der Waals surface area contributed by atoms with Crippen LogP contribution in [0.3, 0.4) is 0 Å². The van der Waals surface area contributed by atoms with Crippen molar-refractivity contribution in [1.82, 2.24) is 0 Å². The van der Waals surface area contributed by atoms with E-state index in [2.05, 4.69) is 0 Å². The minimum absolute atomic E-state index is 0.0568. The Morgan fingerprint density at radius 3 is 2.40 bits per heavy atom. The van der Waals surface area contributed by atoms with E-state index >= 15 is 0 Å². The molecule has 20 heavy (non-hydrogen) atoms. The van der Waals surface area contributed by atoms with Crippen LogP contribution in [0.1, 0.15) is 24.1 Å². The number of rotatable bonds is 3. The first-order valence-electron chi connectivity index (χ1n) is 6.21. The second-order valence-electron chi connectivity index (χ2n) is 4.61. The fraction of sp³-hybridized carbons (Fsp3) is 0.188. The first kappa shape index (κ1) is 14.4. The van der Waals surface area contributed by atoms with Gasteiger partial charge in [0, 0.05) is 17.8 Å². The van der Waals surface area contributed by atoms with E-state index in [1.54, 1.807) is 6.07 Å². The van der Waals surface area contributed by atoms with Crippen LogP contribution in [-0.2, 0) is 0 Å². The highest BCUT2D eigenvalue weighted by atomic mass is 35.5. The molecular formula is C16H14ClFN2. The highest BCUT2D eigenvalue weighted by Gasteiger charge is 2.14. The van der Waals surface area contributed by atoms with Crippen molar-refractivity contribution in [2.45, 2.75) is 13.0 Å². The van der Waals surface area contributed by atoms with Crippen molar-refractivity contribution in [1.29, 1.82) is 5.26 Å². The van der Waals surface area contributed by atoms with Gasteiger partial charge in [-0.2, -0.15) is 5.26 Å². The summed E-state index contributed by atoms with van der Waals surface area (Å²) < 4.78 is 13.7. The molecule has 2 aromatic carbocycles. The standard InChI is InChI=1S/C16H14ClFN2/c1-11(12-3-6-14(17)7-4-12)20(2)15-8-5-13(10-19)16(18)9-15/h3-9,11H,1-2H3. The average Bonchev–Trinajstić information content (AvgIpc) is 2.46. The van der Waals surface area contributed by atoms with Gasteiger partial charge in [0.15, 0.2) is 0 Å². The number of hydrogen-bond donors (Lipinski definition) is 0.